The van der Waals surface area contributed by atoms with E-state index in [1.807, 2.05) is 25.7 Å². The van der Waals surface area contributed by atoms with Gasteiger partial charge in [0.2, 0.25) is 11.8 Å². The Morgan fingerprint density at radius 1 is 1.28 bits per heavy atom. The largest absolute Gasteiger partial charge is 0.370 e. The fourth-order valence-electron chi connectivity index (χ4n) is 3.13. The standard InChI is InChI=1S/C17H33N5O2.HI/c1-4-19-17(20-10-9-16(24)21(5-2)6-3)22-11-7-8-14(13-22)12-15(18)23;/h14H,4-13H2,1-3H3,(H2,18,23)(H,19,20);1H. The van der Waals surface area contributed by atoms with E-state index >= 15 is 0 Å². The van der Waals surface area contributed by atoms with E-state index in [0.29, 0.717) is 19.4 Å². The third-order valence-corrected chi connectivity index (χ3v) is 4.35. The molecule has 146 valence electrons. The maximum atomic E-state index is 12.1. The second-order valence-electron chi connectivity index (χ2n) is 6.18. The van der Waals surface area contributed by atoms with Gasteiger partial charge in [-0.15, -0.1) is 24.0 Å². The molecule has 0 aromatic heterocycles. The number of halogens is 1. The van der Waals surface area contributed by atoms with Gasteiger partial charge in [0.05, 0.1) is 6.54 Å². The maximum absolute atomic E-state index is 12.1. The van der Waals surface area contributed by atoms with Gasteiger partial charge >= 0.3 is 0 Å². The number of likely N-dealkylation sites (tertiary alicyclic amines) is 1. The third kappa shape index (κ3) is 8.73. The van der Waals surface area contributed by atoms with Crippen LogP contribution in [0.15, 0.2) is 4.99 Å². The molecule has 25 heavy (non-hydrogen) atoms. The molecule has 1 atom stereocenters. The molecule has 1 unspecified atom stereocenters. The molecule has 0 spiro atoms. The molecule has 0 aromatic rings. The Kier molecular flexibility index (Phi) is 12.6. The molecule has 8 heteroatoms. The van der Waals surface area contributed by atoms with Crippen molar-refractivity contribution in [1.29, 1.82) is 0 Å². The summed E-state index contributed by atoms with van der Waals surface area (Å²) in [6.07, 6.45) is 2.91. The first kappa shape index (κ1) is 23.9. The summed E-state index contributed by atoms with van der Waals surface area (Å²) < 4.78 is 0. The van der Waals surface area contributed by atoms with Crippen molar-refractivity contribution < 1.29 is 9.59 Å². The Labute approximate surface area is 168 Å². The normalized spacial score (nSPS) is 17.6. The van der Waals surface area contributed by atoms with Gasteiger partial charge in [-0.1, -0.05) is 0 Å². The average molecular weight is 467 g/mol. The van der Waals surface area contributed by atoms with Crippen LogP contribution in [0.25, 0.3) is 0 Å². The third-order valence-electron chi connectivity index (χ3n) is 4.35. The van der Waals surface area contributed by atoms with Crippen LogP contribution in [0.1, 0.15) is 46.5 Å². The molecule has 1 rings (SSSR count). The minimum atomic E-state index is -0.242. The number of nitrogens with two attached hydrogens (primary N) is 1. The van der Waals surface area contributed by atoms with Crippen LogP contribution in [0.3, 0.4) is 0 Å². The van der Waals surface area contributed by atoms with Crippen LogP contribution in [0.2, 0.25) is 0 Å². The SMILES string of the molecule is CCNC(=NCCC(=O)N(CC)CC)N1CCCC(CC(N)=O)C1.I. The number of piperidine rings is 1. The Balaban J connectivity index is 0.00000576. The fourth-order valence-corrected chi connectivity index (χ4v) is 3.13. The number of primary amides is 1. The van der Waals surface area contributed by atoms with Gasteiger partial charge in [-0.2, -0.15) is 0 Å². The number of guanidine groups is 1. The van der Waals surface area contributed by atoms with E-state index in [4.69, 9.17) is 5.73 Å². The highest BCUT2D eigenvalue weighted by atomic mass is 127. The molecule has 7 nitrogen and oxygen atoms in total. The summed E-state index contributed by atoms with van der Waals surface area (Å²) >= 11 is 0. The first-order chi connectivity index (χ1) is 11.5. The van der Waals surface area contributed by atoms with E-state index in [0.717, 1.165) is 51.5 Å². The number of nitrogens with one attached hydrogen (secondary N) is 1. The first-order valence-corrected chi connectivity index (χ1v) is 9.11. The summed E-state index contributed by atoms with van der Waals surface area (Å²) in [4.78, 5) is 31.8. The lowest BCUT2D eigenvalue weighted by molar-refractivity contribution is -0.130. The zero-order valence-corrected chi connectivity index (χ0v) is 18.1. The van der Waals surface area contributed by atoms with Gasteiger partial charge in [0.25, 0.3) is 0 Å². The number of amides is 2. The van der Waals surface area contributed by atoms with E-state index in [-0.39, 0.29) is 41.7 Å². The van der Waals surface area contributed by atoms with Crippen LogP contribution in [0.4, 0.5) is 0 Å². The zero-order valence-electron chi connectivity index (χ0n) is 15.8. The lowest BCUT2D eigenvalue weighted by atomic mass is 9.95. The minimum Gasteiger partial charge on any atom is -0.370 e. The van der Waals surface area contributed by atoms with E-state index in [1.165, 1.54) is 0 Å². The van der Waals surface area contributed by atoms with Crippen molar-refractivity contribution in [3.63, 3.8) is 0 Å². The summed E-state index contributed by atoms with van der Waals surface area (Å²) in [5.74, 6) is 1.02. The molecule has 3 N–H and O–H groups in total. The number of aliphatic imine (C=N–C) groups is 1. The van der Waals surface area contributed by atoms with Gasteiger partial charge in [0, 0.05) is 45.6 Å². The highest BCUT2D eigenvalue weighted by Gasteiger charge is 2.23. The lowest BCUT2D eigenvalue weighted by Crippen LogP contribution is -2.47. The van der Waals surface area contributed by atoms with Gasteiger partial charge in [-0.3, -0.25) is 14.6 Å². The number of hydrogen-bond acceptors (Lipinski definition) is 3. The predicted molar refractivity (Wildman–Crippen MR) is 112 cm³/mol. The molecule has 0 bridgehead atoms. The molecule has 1 aliphatic rings. The van der Waals surface area contributed by atoms with E-state index in [9.17, 15) is 9.59 Å². The van der Waals surface area contributed by atoms with Crippen molar-refractivity contribution in [2.45, 2.75) is 46.5 Å². The van der Waals surface area contributed by atoms with Crippen LogP contribution in [-0.4, -0.2) is 66.8 Å². The minimum absolute atomic E-state index is 0. The summed E-state index contributed by atoms with van der Waals surface area (Å²) in [5.41, 5.74) is 5.33. The Bertz CT molecular complexity index is 441. The van der Waals surface area contributed by atoms with Gasteiger partial charge in [0.1, 0.15) is 0 Å². The van der Waals surface area contributed by atoms with Crippen molar-refractivity contribution in [2.75, 3.05) is 39.3 Å². The maximum Gasteiger partial charge on any atom is 0.224 e. The molecule has 0 aromatic carbocycles. The Hall–Kier alpha value is -1.06. The quantitative estimate of drug-likeness (QED) is 0.321. The predicted octanol–water partition coefficient (Wildman–Crippen LogP) is 1.42. The van der Waals surface area contributed by atoms with Crippen molar-refractivity contribution >= 4 is 41.8 Å². The Morgan fingerprint density at radius 2 is 1.96 bits per heavy atom. The molecule has 1 fully saturated rings. The summed E-state index contributed by atoms with van der Waals surface area (Å²) in [6.45, 7) is 10.4. The van der Waals surface area contributed by atoms with Gasteiger partial charge in [-0.05, 0) is 39.5 Å². The number of rotatable bonds is 8. The van der Waals surface area contributed by atoms with Crippen molar-refractivity contribution in [2.24, 2.45) is 16.6 Å². The second-order valence-corrected chi connectivity index (χ2v) is 6.18. The van der Waals surface area contributed by atoms with Crippen molar-refractivity contribution in [3.05, 3.63) is 0 Å². The van der Waals surface area contributed by atoms with Crippen LogP contribution in [0.5, 0.6) is 0 Å². The number of hydrogen-bond donors (Lipinski definition) is 2. The van der Waals surface area contributed by atoms with Gasteiger partial charge < -0.3 is 20.9 Å². The van der Waals surface area contributed by atoms with Crippen LogP contribution in [0, 0.1) is 5.92 Å². The highest BCUT2D eigenvalue weighted by molar-refractivity contribution is 14.0. The summed E-state index contributed by atoms with van der Waals surface area (Å²) in [7, 11) is 0. The topological polar surface area (TPSA) is 91.0 Å². The average Bonchev–Trinajstić information content (AvgIpc) is 2.55. The van der Waals surface area contributed by atoms with Crippen LogP contribution in [-0.2, 0) is 9.59 Å². The highest BCUT2D eigenvalue weighted by Crippen LogP contribution is 2.19. The van der Waals surface area contributed by atoms with Crippen molar-refractivity contribution in [1.82, 2.24) is 15.1 Å². The molecule has 1 aliphatic heterocycles. The van der Waals surface area contributed by atoms with E-state index in [1.54, 1.807) is 0 Å². The molecule has 0 radical (unpaired) electrons. The van der Waals surface area contributed by atoms with Crippen LogP contribution >= 0.6 is 24.0 Å². The molecular weight excluding hydrogens is 433 g/mol. The van der Waals surface area contributed by atoms with Gasteiger partial charge in [0.15, 0.2) is 5.96 Å². The smallest absolute Gasteiger partial charge is 0.224 e. The number of carbonyl (C=O) groups is 2. The molecular formula is C17H34IN5O2. The number of nitrogens with zero attached hydrogens (tertiary/aromatic N) is 3. The molecule has 2 amide bonds. The molecule has 0 aliphatic carbocycles. The summed E-state index contributed by atoms with van der Waals surface area (Å²) in [5, 5.41) is 3.29. The van der Waals surface area contributed by atoms with Crippen molar-refractivity contribution in [3.8, 4) is 0 Å². The summed E-state index contributed by atoms with van der Waals surface area (Å²) in [6, 6.07) is 0. The fraction of sp³-hybridized carbons (Fsp3) is 0.824. The monoisotopic (exact) mass is 467 g/mol. The molecule has 0 saturated carbocycles. The first-order valence-electron chi connectivity index (χ1n) is 9.11. The zero-order chi connectivity index (χ0) is 17.9. The number of carbonyl (C=O) groups excluding carboxylic acids is 2. The van der Waals surface area contributed by atoms with Crippen LogP contribution < -0.4 is 11.1 Å². The van der Waals surface area contributed by atoms with E-state index in [2.05, 4.69) is 15.2 Å². The second kappa shape index (κ2) is 13.2. The molecule has 1 heterocycles. The molecule has 1 saturated heterocycles. The van der Waals surface area contributed by atoms with Gasteiger partial charge in [-0.25, -0.2) is 0 Å². The Morgan fingerprint density at radius 3 is 2.52 bits per heavy atom. The lowest BCUT2D eigenvalue weighted by Gasteiger charge is -2.34. The van der Waals surface area contributed by atoms with E-state index < -0.39 is 0 Å².